The Bertz CT molecular complexity index is 730. The molecule has 138 valence electrons. The minimum atomic E-state index is 0.458. The number of aryl methyl sites for hydroxylation is 1. The van der Waals surface area contributed by atoms with Gasteiger partial charge in [0.1, 0.15) is 0 Å². The lowest BCUT2D eigenvalue weighted by Crippen LogP contribution is -2.25. The predicted molar refractivity (Wildman–Crippen MR) is 110 cm³/mol. The number of nitrogens with two attached hydrogens (primary N) is 1. The highest BCUT2D eigenvalue weighted by Crippen LogP contribution is 2.17. The summed E-state index contributed by atoms with van der Waals surface area (Å²) in [7, 11) is 0. The van der Waals surface area contributed by atoms with Crippen LogP contribution in [0.5, 0.6) is 0 Å². The van der Waals surface area contributed by atoms with E-state index in [1.54, 1.807) is 0 Å². The van der Waals surface area contributed by atoms with Crippen LogP contribution in [0.4, 0.5) is 5.69 Å². The first kappa shape index (κ1) is 18.5. The lowest BCUT2D eigenvalue weighted by atomic mass is 10.1. The molecular weight excluding hydrogens is 320 g/mol. The number of guanidine groups is 1. The predicted octanol–water partition coefficient (Wildman–Crippen LogP) is 4.30. The van der Waals surface area contributed by atoms with Crippen LogP contribution in [-0.4, -0.2) is 23.9 Å². The van der Waals surface area contributed by atoms with Gasteiger partial charge >= 0.3 is 0 Å². The minimum Gasteiger partial charge on any atom is -0.370 e. The molecule has 1 fully saturated rings. The standard InChI is InChI=1S/C22H30N4/c1-18-9-8-12-21(15-18)25-22(23)24-16-19-10-4-5-11-20(19)17-26-13-6-2-3-7-14-26/h4-5,8-12,15H,2-3,6-7,13-14,16-17H2,1H3,(H3,23,24,25). The van der Waals surface area contributed by atoms with Gasteiger partial charge in [0.25, 0.3) is 0 Å². The van der Waals surface area contributed by atoms with Crippen LogP contribution in [0.2, 0.25) is 0 Å². The molecule has 4 heteroatoms. The largest absolute Gasteiger partial charge is 0.370 e. The summed E-state index contributed by atoms with van der Waals surface area (Å²) >= 11 is 0. The number of aliphatic imine (C=N–C) groups is 1. The molecule has 1 aliphatic heterocycles. The Hall–Kier alpha value is -2.33. The summed E-state index contributed by atoms with van der Waals surface area (Å²) in [6.07, 6.45) is 5.36. The first-order valence-corrected chi connectivity index (χ1v) is 9.63. The molecule has 4 nitrogen and oxygen atoms in total. The van der Waals surface area contributed by atoms with Gasteiger partial charge < -0.3 is 11.1 Å². The first-order chi connectivity index (χ1) is 12.7. The van der Waals surface area contributed by atoms with Gasteiger partial charge in [-0.2, -0.15) is 0 Å². The van der Waals surface area contributed by atoms with E-state index in [0.29, 0.717) is 12.5 Å². The van der Waals surface area contributed by atoms with Gasteiger partial charge in [-0.05, 0) is 61.7 Å². The molecule has 0 unspecified atom stereocenters. The molecule has 0 bridgehead atoms. The highest BCUT2D eigenvalue weighted by Gasteiger charge is 2.11. The number of rotatable bonds is 5. The number of hydrogen-bond acceptors (Lipinski definition) is 2. The maximum absolute atomic E-state index is 6.09. The number of benzene rings is 2. The average Bonchev–Trinajstić information content (AvgIpc) is 2.90. The van der Waals surface area contributed by atoms with Crippen LogP contribution in [0.25, 0.3) is 0 Å². The van der Waals surface area contributed by atoms with Crippen molar-refractivity contribution in [1.82, 2.24) is 4.90 Å². The summed E-state index contributed by atoms with van der Waals surface area (Å²) in [5.74, 6) is 0.458. The maximum atomic E-state index is 6.09. The van der Waals surface area contributed by atoms with Crippen molar-refractivity contribution < 1.29 is 0 Å². The fraction of sp³-hybridized carbons (Fsp3) is 0.409. The van der Waals surface area contributed by atoms with Crippen LogP contribution >= 0.6 is 0 Å². The molecule has 0 spiro atoms. The van der Waals surface area contributed by atoms with Gasteiger partial charge in [-0.1, -0.05) is 49.2 Å². The molecule has 26 heavy (non-hydrogen) atoms. The third-order valence-electron chi connectivity index (χ3n) is 4.92. The van der Waals surface area contributed by atoms with Crippen LogP contribution in [0.15, 0.2) is 53.5 Å². The van der Waals surface area contributed by atoms with Crippen LogP contribution in [0.3, 0.4) is 0 Å². The van der Waals surface area contributed by atoms with E-state index in [2.05, 4.69) is 58.5 Å². The maximum Gasteiger partial charge on any atom is 0.193 e. The lowest BCUT2D eigenvalue weighted by molar-refractivity contribution is 0.276. The van der Waals surface area contributed by atoms with E-state index in [0.717, 1.165) is 12.2 Å². The molecule has 1 aliphatic rings. The highest BCUT2D eigenvalue weighted by atomic mass is 15.1. The van der Waals surface area contributed by atoms with Crippen LogP contribution < -0.4 is 11.1 Å². The summed E-state index contributed by atoms with van der Waals surface area (Å²) in [6.45, 7) is 6.09. The van der Waals surface area contributed by atoms with Gasteiger partial charge in [0, 0.05) is 12.2 Å². The van der Waals surface area contributed by atoms with E-state index >= 15 is 0 Å². The Balaban J connectivity index is 1.63. The van der Waals surface area contributed by atoms with Crippen LogP contribution in [0, 0.1) is 6.92 Å². The summed E-state index contributed by atoms with van der Waals surface area (Å²) in [5, 5.41) is 3.18. The van der Waals surface area contributed by atoms with Crippen molar-refractivity contribution in [2.75, 3.05) is 18.4 Å². The van der Waals surface area contributed by atoms with Crippen molar-refractivity contribution in [3.05, 3.63) is 65.2 Å². The van der Waals surface area contributed by atoms with Gasteiger partial charge in [0.05, 0.1) is 6.54 Å². The molecule has 0 aromatic heterocycles. The van der Waals surface area contributed by atoms with E-state index in [1.165, 1.54) is 55.5 Å². The zero-order chi connectivity index (χ0) is 18.2. The molecule has 0 amide bonds. The normalized spacial score (nSPS) is 16.3. The topological polar surface area (TPSA) is 53.6 Å². The molecule has 3 rings (SSSR count). The lowest BCUT2D eigenvalue weighted by Gasteiger charge is -2.21. The van der Waals surface area contributed by atoms with E-state index in [-0.39, 0.29) is 0 Å². The average molecular weight is 351 g/mol. The highest BCUT2D eigenvalue weighted by molar-refractivity contribution is 5.92. The van der Waals surface area contributed by atoms with Gasteiger partial charge in [0.15, 0.2) is 5.96 Å². The monoisotopic (exact) mass is 350 g/mol. The quantitative estimate of drug-likeness (QED) is 0.624. The summed E-state index contributed by atoms with van der Waals surface area (Å²) in [5.41, 5.74) is 10.9. The van der Waals surface area contributed by atoms with Crippen molar-refractivity contribution in [1.29, 1.82) is 0 Å². The Kier molecular flexibility index (Phi) is 6.67. The molecule has 0 aliphatic carbocycles. The number of anilines is 1. The Morgan fingerprint density at radius 2 is 1.73 bits per heavy atom. The van der Waals surface area contributed by atoms with Gasteiger partial charge in [0.2, 0.25) is 0 Å². The van der Waals surface area contributed by atoms with Crippen molar-refractivity contribution in [3.8, 4) is 0 Å². The second kappa shape index (κ2) is 9.39. The zero-order valence-corrected chi connectivity index (χ0v) is 15.7. The smallest absolute Gasteiger partial charge is 0.193 e. The fourth-order valence-electron chi connectivity index (χ4n) is 3.48. The molecule has 2 aromatic rings. The number of nitrogens with zero attached hydrogens (tertiary/aromatic N) is 2. The van der Waals surface area contributed by atoms with Crippen LogP contribution in [0.1, 0.15) is 42.4 Å². The van der Waals surface area contributed by atoms with Gasteiger partial charge in [-0.3, -0.25) is 4.90 Å². The van der Waals surface area contributed by atoms with Crippen molar-refractivity contribution in [2.45, 2.75) is 45.7 Å². The summed E-state index contributed by atoms with van der Waals surface area (Å²) < 4.78 is 0. The molecule has 1 heterocycles. The van der Waals surface area contributed by atoms with Crippen molar-refractivity contribution >= 4 is 11.6 Å². The third-order valence-corrected chi connectivity index (χ3v) is 4.92. The number of likely N-dealkylation sites (tertiary alicyclic amines) is 1. The molecule has 2 aromatic carbocycles. The summed E-state index contributed by atoms with van der Waals surface area (Å²) in [6, 6.07) is 16.7. The second-order valence-electron chi connectivity index (χ2n) is 7.16. The second-order valence-corrected chi connectivity index (χ2v) is 7.16. The summed E-state index contributed by atoms with van der Waals surface area (Å²) in [4.78, 5) is 7.13. The van der Waals surface area contributed by atoms with Gasteiger partial charge in [-0.15, -0.1) is 0 Å². The molecular formula is C22H30N4. The Morgan fingerprint density at radius 1 is 1.00 bits per heavy atom. The van der Waals surface area contributed by atoms with E-state index < -0.39 is 0 Å². The van der Waals surface area contributed by atoms with Crippen molar-refractivity contribution in [3.63, 3.8) is 0 Å². The van der Waals surface area contributed by atoms with Gasteiger partial charge in [-0.25, -0.2) is 4.99 Å². The SMILES string of the molecule is Cc1cccc(NC(N)=NCc2ccccc2CN2CCCCCC2)c1. The number of nitrogens with one attached hydrogen (secondary N) is 1. The molecule has 0 atom stereocenters. The van der Waals surface area contributed by atoms with E-state index in [9.17, 15) is 0 Å². The Labute approximate surface area is 157 Å². The van der Waals surface area contributed by atoms with Crippen LogP contribution in [-0.2, 0) is 13.1 Å². The van der Waals surface area contributed by atoms with E-state index in [1.807, 2.05) is 12.1 Å². The third kappa shape index (κ3) is 5.60. The molecule has 1 saturated heterocycles. The molecule has 3 N–H and O–H groups in total. The Morgan fingerprint density at radius 3 is 2.46 bits per heavy atom. The van der Waals surface area contributed by atoms with Crippen molar-refractivity contribution in [2.24, 2.45) is 10.7 Å². The van der Waals surface area contributed by atoms with E-state index in [4.69, 9.17) is 5.73 Å². The number of hydrogen-bond donors (Lipinski definition) is 2. The minimum absolute atomic E-state index is 0.458. The first-order valence-electron chi connectivity index (χ1n) is 9.63. The fourth-order valence-corrected chi connectivity index (χ4v) is 3.48. The molecule has 0 radical (unpaired) electrons. The molecule has 0 saturated carbocycles. The zero-order valence-electron chi connectivity index (χ0n) is 15.7.